The zero-order valence-corrected chi connectivity index (χ0v) is 11.7. The summed E-state index contributed by atoms with van der Waals surface area (Å²) in [6, 6.07) is 10.4. The van der Waals surface area contributed by atoms with E-state index in [2.05, 4.69) is 20.9 Å². The molecule has 5 nitrogen and oxygen atoms in total. The molecule has 0 bridgehead atoms. The zero-order chi connectivity index (χ0) is 14.3. The quantitative estimate of drug-likeness (QED) is 0.700. The molecule has 20 heavy (non-hydrogen) atoms. The van der Waals surface area contributed by atoms with Gasteiger partial charge in [-0.25, -0.2) is 9.78 Å². The van der Waals surface area contributed by atoms with Crippen LogP contribution >= 0.6 is 15.9 Å². The van der Waals surface area contributed by atoms with E-state index >= 15 is 0 Å². The van der Waals surface area contributed by atoms with Crippen molar-refractivity contribution in [1.82, 2.24) is 4.98 Å². The van der Waals surface area contributed by atoms with Crippen molar-refractivity contribution in [2.75, 3.05) is 5.73 Å². The van der Waals surface area contributed by atoms with Crippen molar-refractivity contribution in [3.8, 4) is 11.5 Å². The largest absolute Gasteiger partial charge is 0.478 e. The summed E-state index contributed by atoms with van der Waals surface area (Å²) in [7, 11) is 0. The van der Waals surface area contributed by atoms with E-state index in [1.807, 2.05) is 24.3 Å². The monoisotopic (exact) mass is 332 g/mol. The number of halogens is 1. The first-order valence-electron chi connectivity index (χ1n) is 5.74. The lowest BCUT2D eigenvalue weighted by Gasteiger charge is -1.97. The smallest absolute Gasteiger partial charge is 0.339 e. The molecule has 100 valence electrons. The van der Waals surface area contributed by atoms with E-state index in [1.165, 1.54) is 6.07 Å². The van der Waals surface area contributed by atoms with Crippen molar-refractivity contribution in [1.29, 1.82) is 0 Å². The fourth-order valence-corrected chi connectivity index (χ4v) is 2.36. The molecule has 0 aliphatic carbocycles. The molecule has 0 spiro atoms. The molecular weight excluding hydrogens is 324 g/mol. The van der Waals surface area contributed by atoms with E-state index in [-0.39, 0.29) is 11.1 Å². The standard InChI is InChI=1S/C14H9BrN2O3/c15-8-3-1-2-7(4-8)13-17-11-6-9(16)5-10(14(18)19)12(11)20-13/h1-6H,16H2,(H,18,19). The predicted octanol–water partition coefficient (Wildman–Crippen LogP) is 3.54. The van der Waals surface area contributed by atoms with Crippen LogP contribution in [0.2, 0.25) is 0 Å². The number of carbonyl (C=O) groups is 1. The molecule has 0 fully saturated rings. The first-order chi connectivity index (χ1) is 9.54. The van der Waals surface area contributed by atoms with Crippen LogP contribution in [-0.2, 0) is 0 Å². The van der Waals surface area contributed by atoms with Gasteiger partial charge in [-0.3, -0.25) is 0 Å². The lowest BCUT2D eigenvalue weighted by molar-refractivity contribution is 0.0698. The Bertz CT molecular complexity index is 826. The molecule has 0 radical (unpaired) electrons. The summed E-state index contributed by atoms with van der Waals surface area (Å²) in [5.41, 5.74) is 7.43. The first-order valence-corrected chi connectivity index (χ1v) is 6.53. The Morgan fingerprint density at radius 2 is 2.10 bits per heavy atom. The number of carboxylic acid groups (broad SMARTS) is 1. The van der Waals surface area contributed by atoms with Crippen molar-refractivity contribution in [2.24, 2.45) is 0 Å². The lowest BCUT2D eigenvalue weighted by atomic mass is 10.2. The Labute approximate surface area is 122 Å². The summed E-state index contributed by atoms with van der Waals surface area (Å²) >= 11 is 3.37. The van der Waals surface area contributed by atoms with Crippen LogP contribution in [0.5, 0.6) is 0 Å². The Balaban J connectivity index is 2.25. The van der Waals surface area contributed by atoms with Crippen LogP contribution in [0.25, 0.3) is 22.6 Å². The number of nitrogen functional groups attached to an aromatic ring is 1. The van der Waals surface area contributed by atoms with Crippen molar-refractivity contribution >= 4 is 38.7 Å². The van der Waals surface area contributed by atoms with E-state index in [4.69, 9.17) is 10.2 Å². The van der Waals surface area contributed by atoms with Gasteiger partial charge in [-0.1, -0.05) is 22.0 Å². The highest BCUT2D eigenvalue weighted by Crippen LogP contribution is 2.29. The maximum Gasteiger partial charge on any atom is 0.339 e. The van der Waals surface area contributed by atoms with E-state index < -0.39 is 5.97 Å². The Morgan fingerprint density at radius 1 is 1.30 bits per heavy atom. The van der Waals surface area contributed by atoms with Crippen molar-refractivity contribution in [3.63, 3.8) is 0 Å². The van der Waals surface area contributed by atoms with Gasteiger partial charge >= 0.3 is 5.97 Å². The average Bonchev–Trinajstić information content (AvgIpc) is 2.81. The number of carboxylic acids is 1. The second-order valence-electron chi connectivity index (χ2n) is 4.25. The van der Waals surface area contributed by atoms with Crippen LogP contribution in [0.1, 0.15) is 10.4 Å². The van der Waals surface area contributed by atoms with Crippen LogP contribution in [0.3, 0.4) is 0 Å². The van der Waals surface area contributed by atoms with Gasteiger partial charge in [0.2, 0.25) is 5.89 Å². The van der Waals surface area contributed by atoms with Crippen molar-refractivity contribution < 1.29 is 14.3 Å². The molecule has 1 heterocycles. The molecule has 0 atom stereocenters. The minimum atomic E-state index is -1.10. The second-order valence-corrected chi connectivity index (χ2v) is 5.17. The molecule has 6 heteroatoms. The molecule has 0 unspecified atom stereocenters. The number of fused-ring (bicyclic) bond motifs is 1. The Kier molecular flexibility index (Phi) is 2.94. The third-order valence-electron chi connectivity index (χ3n) is 2.81. The SMILES string of the molecule is Nc1cc(C(=O)O)c2oc(-c3cccc(Br)c3)nc2c1. The van der Waals surface area contributed by atoms with E-state index in [0.717, 1.165) is 10.0 Å². The highest BCUT2D eigenvalue weighted by Gasteiger charge is 2.17. The second kappa shape index (κ2) is 4.64. The van der Waals surface area contributed by atoms with E-state index in [0.29, 0.717) is 17.1 Å². The summed E-state index contributed by atoms with van der Waals surface area (Å²) in [6.45, 7) is 0. The number of anilines is 1. The van der Waals surface area contributed by atoms with Crippen LogP contribution in [0, 0.1) is 0 Å². The van der Waals surface area contributed by atoms with Crippen LogP contribution in [0.15, 0.2) is 45.3 Å². The normalized spacial score (nSPS) is 10.8. The van der Waals surface area contributed by atoms with Crippen molar-refractivity contribution in [2.45, 2.75) is 0 Å². The number of rotatable bonds is 2. The highest BCUT2D eigenvalue weighted by molar-refractivity contribution is 9.10. The lowest BCUT2D eigenvalue weighted by Crippen LogP contribution is -1.98. The molecule has 0 aliphatic rings. The van der Waals surface area contributed by atoms with Crippen LogP contribution in [-0.4, -0.2) is 16.1 Å². The summed E-state index contributed by atoms with van der Waals surface area (Å²) in [4.78, 5) is 15.5. The highest BCUT2D eigenvalue weighted by atomic mass is 79.9. The third-order valence-corrected chi connectivity index (χ3v) is 3.31. The molecule has 0 saturated heterocycles. The summed E-state index contributed by atoms with van der Waals surface area (Å²) in [5.74, 6) is -0.742. The number of hydrogen-bond donors (Lipinski definition) is 2. The molecule has 3 aromatic rings. The molecule has 0 aliphatic heterocycles. The van der Waals surface area contributed by atoms with E-state index in [1.54, 1.807) is 6.07 Å². The number of nitrogens with zero attached hydrogens (tertiary/aromatic N) is 1. The van der Waals surface area contributed by atoms with Crippen LogP contribution in [0.4, 0.5) is 5.69 Å². The average molecular weight is 333 g/mol. The van der Waals surface area contributed by atoms with Gasteiger partial charge in [0.05, 0.1) is 0 Å². The number of benzene rings is 2. The number of aromatic nitrogens is 1. The van der Waals surface area contributed by atoms with Crippen molar-refractivity contribution in [3.05, 3.63) is 46.4 Å². The number of nitrogens with two attached hydrogens (primary N) is 1. The van der Waals surface area contributed by atoms with Gasteiger partial charge in [0.15, 0.2) is 5.58 Å². The van der Waals surface area contributed by atoms with Gasteiger partial charge in [0.25, 0.3) is 0 Å². The first kappa shape index (κ1) is 12.7. The Morgan fingerprint density at radius 3 is 2.80 bits per heavy atom. The summed E-state index contributed by atoms with van der Waals surface area (Å²) < 4.78 is 6.47. The van der Waals surface area contributed by atoms with Gasteiger partial charge in [-0.05, 0) is 30.3 Å². The molecule has 2 aromatic carbocycles. The molecule has 1 aromatic heterocycles. The van der Waals surface area contributed by atoms with Gasteiger partial charge in [0, 0.05) is 15.7 Å². The van der Waals surface area contributed by atoms with Crippen LogP contribution < -0.4 is 5.73 Å². The third kappa shape index (κ3) is 2.14. The number of oxazole rings is 1. The fraction of sp³-hybridized carbons (Fsp3) is 0. The minimum Gasteiger partial charge on any atom is -0.478 e. The molecular formula is C14H9BrN2O3. The summed E-state index contributed by atoms with van der Waals surface area (Å²) in [6.07, 6.45) is 0. The maximum absolute atomic E-state index is 11.2. The molecule has 0 amide bonds. The van der Waals surface area contributed by atoms with Gasteiger partial charge in [-0.15, -0.1) is 0 Å². The number of aromatic carboxylic acids is 1. The number of hydrogen-bond acceptors (Lipinski definition) is 4. The maximum atomic E-state index is 11.2. The predicted molar refractivity (Wildman–Crippen MR) is 78.5 cm³/mol. The summed E-state index contributed by atoms with van der Waals surface area (Å²) in [5, 5.41) is 9.18. The Hall–Kier alpha value is -2.34. The van der Waals surface area contributed by atoms with Gasteiger partial charge in [0.1, 0.15) is 11.1 Å². The zero-order valence-electron chi connectivity index (χ0n) is 10.1. The minimum absolute atomic E-state index is 0.00810. The molecule has 3 N–H and O–H groups in total. The topological polar surface area (TPSA) is 89.4 Å². The van der Waals surface area contributed by atoms with E-state index in [9.17, 15) is 9.90 Å². The molecule has 0 saturated carbocycles. The fourth-order valence-electron chi connectivity index (χ4n) is 1.96. The van der Waals surface area contributed by atoms with Gasteiger partial charge < -0.3 is 15.3 Å². The van der Waals surface area contributed by atoms with Gasteiger partial charge in [-0.2, -0.15) is 0 Å². The molecule has 3 rings (SSSR count).